The van der Waals surface area contributed by atoms with Gasteiger partial charge in [-0.1, -0.05) is 0 Å². The van der Waals surface area contributed by atoms with Gasteiger partial charge in [0.25, 0.3) is 0 Å². The zero-order valence-electron chi connectivity index (χ0n) is 15.5. The third-order valence-electron chi connectivity index (χ3n) is 4.11. The molecule has 0 aromatic heterocycles. The van der Waals surface area contributed by atoms with Crippen LogP contribution < -0.4 is 10.1 Å². The summed E-state index contributed by atoms with van der Waals surface area (Å²) in [6, 6.07) is 4.75. The number of hydrogen-bond donors (Lipinski definition) is 1. The van der Waals surface area contributed by atoms with E-state index >= 15 is 0 Å². The number of carbonyl (C=O) groups is 1. The summed E-state index contributed by atoms with van der Waals surface area (Å²) in [5.41, 5.74) is 0.452. The van der Waals surface area contributed by atoms with E-state index in [0.717, 1.165) is 12.8 Å². The molecule has 1 fully saturated rings. The van der Waals surface area contributed by atoms with E-state index in [1.165, 1.54) is 10.4 Å². The molecular formula is C18H28N2O5S. The van der Waals surface area contributed by atoms with Gasteiger partial charge in [-0.15, -0.1) is 0 Å². The van der Waals surface area contributed by atoms with Crippen molar-refractivity contribution in [2.45, 2.75) is 44.4 Å². The van der Waals surface area contributed by atoms with Crippen LogP contribution in [0.3, 0.4) is 0 Å². The zero-order chi connectivity index (χ0) is 19.0. The van der Waals surface area contributed by atoms with Gasteiger partial charge in [-0.2, -0.15) is 4.31 Å². The summed E-state index contributed by atoms with van der Waals surface area (Å²) in [6.45, 7) is 6.26. The van der Waals surface area contributed by atoms with Crippen LogP contribution in [0.15, 0.2) is 23.1 Å². The fourth-order valence-corrected chi connectivity index (χ4v) is 4.51. The van der Waals surface area contributed by atoms with Crippen LogP contribution in [0.25, 0.3) is 0 Å². The highest BCUT2D eigenvalue weighted by Crippen LogP contribution is 2.31. The Morgan fingerprint density at radius 3 is 2.58 bits per heavy atom. The number of nitrogens with zero attached hydrogens (tertiary/aromatic N) is 1. The summed E-state index contributed by atoms with van der Waals surface area (Å²) in [5, 5.41) is 2.76. The first-order valence-electron chi connectivity index (χ1n) is 9.13. The van der Waals surface area contributed by atoms with Gasteiger partial charge in [-0.05, 0) is 51.3 Å². The molecule has 26 heavy (non-hydrogen) atoms. The molecule has 0 radical (unpaired) electrons. The van der Waals surface area contributed by atoms with Crippen molar-refractivity contribution in [3.05, 3.63) is 18.2 Å². The second-order valence-electron chi connectivity index (χ2n) is 6.05. The Kier molecular flexibility index (Phi) is 7.86. The van der Waals surface area contributed by atoms with Crippen LogP contribution in [-0.2, 0) is 19.6 Å². The smallest absolute Gasteiger partial charge is 0.246 e. The van der Waals surface area contributed by atoms with Crippen LogP contribution in [0, 0.1) is 0 Å². The molecule has 2 rings (SSSR count). The average Bonchev–Trinajstić information content (AvgIpc) is 3.16. The van der Waals surface area contributed by atoms with Gasteiger partial charge in [0.15, 0.2) is 0 Å². The van der Waals surface area contributed by atoms with Gasteiger partial charge in [0.05, 0.1) is 6.61 Å². The fourth-order valence-electron chi connectivity index (χ4n) is 2.83. The lowest BCUT2D eigenvalue weighted by Crippen LogP contribution is -2.28. The molecule has 0 unspecified atom stereocenters. The van der Waals surface area contributed by atoms with Gasteiger partial charge in [0.1, 0.15) is 10.6 Å². The molecule has 0 spiro atoms. The first-order chi connectivity index (χ1) is 12.5. The van der Waals surface area contributed by atoms with E-state index in [0.29, 0.717) is 57.2 Å². The number of amides is 1. The normalized spacial score (nSPS) is 15.2. The average molecular weight is 384 g/mol. The van der Waals surface area contributed by atoms with Crippen molar-refractivity contribution in [2.75, 3.05) is 38.2 Å². The number of benzene rings is 1. The SMILES string of the molecule is CCOCCCC(=O)Nc1ccc(OCC)c(S(=O)(=O)N2CCCC2)c1. The van der Waals surface area contributed by atoms with E-state index in [-0.39, 0.29) is 10.8 Å². The number of carbonyl (C=O) groups excluding carboxylic acids is 1. The molecule has 1 saturated heterocycles. The van der Waals surface area contributed by atoms with Gasteiger partial charge in [0, 0.05) is 38.4 Å². The van der Waals surface area contributed by atoms with Crippen molar-refractivity contribution in [3.8, 4) is 5.75 Å². The molecule has 0 atom stereocenters. The summed E-state index contributed by atoms with van der Waals surface area (Å²) >= 11 is 0. The second-order valence-corrected chi connectivity index (χ2v) is 7.96. The van der Waals surface area contributed by atoms with Crippen LogP contribution in [0.1, 0.15) is 39.5 Å². The Bertz CT molecular complexity index is 700. The molecule has 7 nitrogen and oxygen atoms in total. The van der Waals surface area contributed by atoms with Crippen LogP contribution in [0.4, 0.5) is 5.69 Å². The third-order valence-corrected chi connectivity index (χ3v) is 6.03. The Balaban J connectivity index is 2.15. The molecule has 146 valence electrons. The Hall–Kier alpha value is -1.64. The highest BCUT2D eigenvalue weighted by Gasteiger charge is 2.30. The molecule has 1 amide bonds. The summed E-state index contributed by atoms with van der Waals surface area (Å²) in [5.74, 6) is 0.145. The molecule has 0 bridgehead atoms. The summed E-state index contributed by atoms with van der Waals surface area (Å²) in [7, 11) is -3.64. The lowest BCUT2D eigenvalue weighted by Gasteiger charge is -2.19. The van der Waals surface area contributed by atoms with Gasteiger partial charge in [-0.3, -0.25) is 4.79 Å². The van der Waals surface area contributed by atoms with E-state index in [1.807, 2.05) is 6.92 Å². The molecule has 1 aromatic rings. The lowest BCUT2D eigenvalue weighted by atomic mass is 10.2. The minimum atomic E-state index is -3.64. The van der Waals surface area contributed by atoms with Gasteiger partial charge in [0.2, 0.25) is 15.9 Å². The highest BCUT2D eigenvalue weighted by atomic mass is 32.2. The molecule has 8 heteroatoms. The van der Waals surface area contributed by atoms with Crippen molar-refractivity contribution in [1.29, 1.82) is 0 Å². The largest absolute Gasteiger partial charge is 0.492 e. The number of anilines is 1. The third kappa shape index (κ3) is 5.43. The van der Waals surface area contributed by atoms with E-state index in [9.17, 15) is 13.2 Å². The minimum absolute atomic E-state index is 0.105. The zero-order valence-corrected chi connectivity index (χ0v) is 16.3. The van der Waals surface area contributed by atoms with Crippen molar-refractivity contribution in [3.63, 3.8) is 0 Å². The van der Waals surface area contributed by atoms with Crippen LogP contribution >= 0.6 is 0 Å². The Labute approximate surface area is 155 Å². The first-order valence-corrected chi connectivity index (χ1v) is 10.6. The topological polar surface area (TPSA) is 84.9 Å². The maximum Gasteiger partial charge on any atom is 0.246 e. The molecule has 1 N–H and O–H groups in total. The van der Waals surface area contributed by atoms with Crippen molar-refractivity contribution in [1.82, 2.24) is 4.31 Å². The minimum Gasteiger partial charge on any atom is -0.492 e. The first kappa shape index (κ1) is 20.7. The fraction of sp³-hybridized carbons (Fsp3) is 0.611. The van der Waals surface area contributed by atoms with E-state index in [2.05, 4.69) is 5.32 Å². The van der Waals surface area contributed by atoms with E-state index < -0.39 is 10.0 Å². The Morgan fingerprint density at radius 1 is 1.19 bits per heavy atom. The number of hydrogen-bond acceptors (Lipinski definition) is 5. The summed E-state index contributed by atoms with van der Waals surface area (Å²) in [6.07, 6.45) is 2.66. The maximum atomic E-state index is 12.9. The van der Waals surface area contributed by atoms with Crippen LogP contribution in [0.5, 0.6) is 5.75 Å². The number of ether oxygens (including phenoxy) is 2. The number of sulfonamides is 1. The van der Waals surface area contributed by atoms with E-state index in [1.54, 1.807) is 19.1 Å². The van der Waals surface area contributed by atoms with Crippen molar-refractivity contribution < 1.29 is 22.7 Å². The highest BCUT2D eigenvalue weighted by molar-refractivity contribution is 7.89. The quantitative estimate of drug-likeness (QED) is 0.627. The van der Waals surface area contributed by atoms with E-state index in [4.69, 9.17) is 9.47 Å². The predicted molar refractivity (Wildman–Crippen MR) is 100.0 cm³/mol. The predicted octanol–water partition coefficient (Wildman–Crippen LogP) is 2.63. The number of rotatable bonds is 10. The molecule has 1 aliphatic heterocycles. The Morgan fingerprint density at radius 2 is 1.92 bits per heavy atom. The van der Waals surface area contributed by atoms with Crippen LogP contribution in [-0.4, -0.2) is 51.5 Å². The summed E-state index contributed by atoms with van der Waals surface area (Å²) < 4.78 is 38.0. The molecule has 1 heterocycles. The van der Waals surface area contributed by atoms with Gasteiger partial charge >= 0.3 is 0 Å². The maximum absolute atomic E-state index is 12.9. The van der Waals surface area contributed by atoms with Gasteiger partial charge in [-0.25, -0.2) is 8.42 Å². The standard InChI is InChI=1S/C18H28N2O5S/c1-3-24-13-7-8-18(21)19-15-9-10-16(25-4-2)17(14-15)26(22,23)20-11-5-6-12-20/h9-10,14H,3-8,11-13H2,1-2H3,(H,19,21). The molecule has 1 aromatic carbocycles. The van der Waals surface area contributed by atoms with Crippen molar-refractivity contribution in [2.24, 2.45) is 0 Å². The molecular weight excluding hydrogens is 356 g/mol. The molecule has 1 aliphatic rings. The summed E-state index contributed by atoms with van der Waals surface area (Å²) in [4.78, 5) is 12.2. The lowest BCUT2D eigenvalue weighted by molar-refractivity contribution is -0.116. The number of nitrogens with one attached hydrogen (secondary N) is 1. The van der Waals surface area contributed by atoms with Crippen LogP contribution in [0.2, 0.25) is 0 Å². The molecule has 0 saturated carbocycles. The monoisotopic (exact) mass is 384 g/mol. The second kappa shape index (κ2) is 9.89. The van der Waals surface area contributed by atoms with Gasteiger partial charge < -0.3 is 14.8 Å². The molecule has 0 aliphatic carbocycles. The van der Waals surface area contributed by atoms with Crippen molar-refractivity contribution >= 4 is 21.6 Å².